The van der Waals surface area contributed by atoms with Crippen LogP contribution in [0.4, 0.5) is 0 Å². The molecule has 0 fully saturated rings. The van der Waals surface area contributed by atoms with Gasteiger partial charge in [-0.05, 0) is 42.7 Å². The Labute approximate surface area is 138 Å². The molecule has 0 saturated heterocycles. The Kier molecular flexibility index (Phi) is 6.98. The van der Waals surface area contributed by atoms with E-state index in [0.29, 0.717) is 19.6 Å². The van der Waals surface area contributed by atoms with Gasteiger partial charge in [-0.25, -0.2) is 0 Å². The number of fused-ring (bicyclic) bond motifs is 1. The zero-order chi connectivity index (χ0) is 16.5. The number of hydrogen-bond acceptors (Lipinski definition) is 3. The van der Waals surface area contributed by atoms with E-state index in [0.717, 1.165) is 42.1 Å². The topological polar surface area (TPSA) is 47.6 Å². The lowest BCUT2D eigenvalue weighted by molar-refractivity contribution is -0.120. The Morgan fingerprint density at radius 1 is 1.26 bits per heavy atom. The summed E-state index contributed by atoms with van der Waals surface area (Å²) in [6.45, 7) is 6.00. The third-order valence-electron chi connectivity index (χ3n) is 3.76. The van der Waals surface area contributed by atoms with E-state index in [-0.39, 0.29) is 5.91 Å². The van der Waals surface area contributed by atoms with Gasteiger partial charge >= 0.3 is 0 Å². The van der Waals surface area contributed by atoms with Gasteiger partial charge in [0, 0.05) is 18.5 Å². The summed E-state index contributed by atoms with van der Waals surface area (Å²) in [5.41, 5.74) is 2.09. The molecule has 0 spiro atoms. The van der Waals surface area contributed by atoms with E-state index >= 15 is 0 Å². The highest BCUT2D eigenvalue weighted by molar-refractivity contribution is 5.76. The molecule has 4 heteroatoms. The van der Waals surface area contributed by atoms with Crippen LogP contribution in [-0.2, 0) is 4.79 Å². The van der Waals surface area contributed by atoms with E-state index in [4.69, 9.17) is 9.47 Å². The largest absolute Gasteiger partial charge is 0.494 e. The van der Waals surface area contributed by atoms with Crippen molar-refractivity contribution in [1.29, 1.82) is 0 Å². The van der Waals surface area contributed by atoms with Gasteiger partial charge in [0.25, 0.3) is 0 Å². The lowest BCUT2D eigenvalue weighted by Gasteiger charge is -2.19. The van der Waals surface area contributed by atoms with Crippen molar-refractivity contribution in [2.45, 2.75) is 46.0 Å². The van der Waals surface area contributed by atoms with Gasteiger partial charge in [-0.15, -0.1) is 0 Å². The second-order valence-electron chi connectivity index (χ2n) is 5.87. The summed E-state index contributed by atoms with van der Waals surface area (Å²) in [7, 11) is 0. The molecule has 0 aromatic heterocycles. The highest BCUT2D eigenvalue weighted by Crippen LogP contribution is 2.30. The molecule has 23 heavy (non-hydrogen) atoms. The molecule has 0 unspecified atom stereocenters. The van der Waals surface area contributed by atoms with E-state index in [1.54, 1.807) is 0 Å². The van der Waals surface area contributed by atoms with E-state index in [2.05, 4.69) is 18.3 Å². The molecule has 2 rings (SSSR count). The summed E-state index contributed by atoms with van der Waals surface area (Å²) in [4.78, 5) is 11.6. The van der Waals surface area contributed by atoms with Crippen molar-refractivity contribution in [3.8, 4) is 11.5 Å². The summed E-state index contributed by atoms with van der Waals surface area (Å²) >= 11 is 0. The molecule has 1 aliphatic heterocycles. The lowest BCUT2D eigenvalue weighted by atomic mass is 10.1. The fraction of sp³-hybridized carbons (Fsp3) is 0.526. The smallest absolute Gasteiger partial charge is 0.220 e. The van der Waals surface area contributed by atoms with Crippen molar-refractivity contribution in [3.05, 3.63) is 29.3 Å². The first-order valence-electron chi connectivity index (χ1n) is 8.58. The number of benzene rings is 1. The summed E-state index contributed by atoms with van der Waals surface area (Å²) in [5.74, 6) is 1.83. The van der Waals surface area contributed by atoms with Gasteiger partial charge < -0.3 is 14.8 Å². The van der Waals surface area contributed by atoms with Crippen LogP contribution in [0, 0.1) is 0 Å². The number of carbonyl (C=O) groups excluding carboxylic acids is 1. The zero-order valence-electron chi connectivity index (χ0n) is 14.2. The second kappa shape index (κ2) is 9.23. The molecule has 1 amide bonds. The van der Waals surface area contributed by atoms with E-state index in [1.165, 1.54) is 12.8 Å². The van der Waals surface area contributed by atoms with Gasteiger partial charge in [0.1, 0.15) is 18.1 Å². The monoisotopic (exact) mass is 317 g/mol. The Hall–Kier alpha value is -1.97. The van der Waals surface area contributed by atoms with Crippen molar-refractivity contribution in [1.82, 2.24) is 5.32 Å². The number of ether oxygens (including phenoxy) is 2. The molecule has 1 aromatic carbocycles. The first kappa shape index (κ1) is 17.4. The predicted molar refractivity (Wildman–Crippen MR) is 92.9 cm³/mol. The Bertz CT molecular complexity index is 552. The molecule has 126 valence electrons. The van der Waals surface area contributed by atoms with Crippen LogP contribution in [0.5, 0.6) is 11.5 Å². The number of rotatable bonds is 9. The fourth-order valence-corrected chi connectivity index (χ4v) is 2.46. The highest BCUT2D eigenvalue weighted by atomic mass is 16.5. The van der Waals surface area contributed by atoms with Crippen molar-refractivity contribution >= 4 is 12.0 Å². The molecule has 0 atom stereocenters. The van der Waals surface area contributed by atoms with Gasteiger partial charge in [-0.1, -0.05) is 26.7 Å². The molecule has 4 nitrogen and oxygen atoms in total. The number of nitrogens with one attached hydrogen (secondary N) is 1. The SMILES string of the molecule is CCCCCOc1ccc2c(c1)C=C(CNC(=O)CCC)CO2. The Balaban J connectivity index is 1.93. The maximum Gasteiger partial charge on any atom is 0.220 e. The number of amides is 1. The normalized spacial score (nSPS) is 12.9. The fourth-order valence-electron chi connectivity index (χ4n) is 2.46. The van der Waals surface area contributed by atoms with Gasteiger partial charge in [0.15, 0.2) is 0 Å². The predicted octanol–water partition coefficient (Wildman–Crippen LogP) is 3.95. The molecule has 0 saturated carbocycles. The molecule has 1 aromatic rings. The lowest BCUT2D eigenvalue weighted by Crippen LogP contribution is -2.27. The summed E-state index contributed by atoms with van der Waals surface area (Å²) in [6.07, 6.45) is 6.98. The minimum Gasteiger partial charge on any atom is -0.494 e. The quantitative estimate of drug-likeness (QED) is 0.702. The average molecular weight is 317 g/mol. The van der Waals surface area contributed by atoms with E-state index in [9.17, 15) is 4.79 Å². The van der Waals surface area contributed by atoms with Crippen molar-refractivity contribution in [3.63, 3.8) is 0 Å². The summed E-state index contributed by atoms with van der Waals surface area (Å²) in [6, 6.07) is 5.91. The van der Waals surface area contributed by atoms with E-state index in [1.807, 2.05) is 25.1 Å². The zero-order valence-corrected chi connectivity index (χ0v) is 14.2. The highest BCUT2D eigenvalue weighted by Gasteiger charge is 2.13. The standard InChI is InChI=1S/C19H27NO3/c1-3-5-6-10-22-17-8-9-18-16(12-17)11-15(14-23-18)13-20-19(21)7-4-2/h8-9,11-12H,3-7,10,13-14H2,1-2H3,(H,20,21). The summed E-state index contributed by atoms with van der Waals surface area (Å²) in [5, 5.41) is 2.93. The molecule has 0 bridgehead atoms. The minimum atomic E-state index is 0.0900. The summed E-state index contributed by atoms with van der Waals surface area (Å²) < 4.78 is 11.5. The van der Waals surface area contributed by atoms with Crippen LogP contribution in [0.25, 0.3) is 6.08 Å². The van der Waals surface area contributed by atoms with Crippen molar-refractivity contribution in [2.24, 2.45) is 0 Å². The van der Waals surface area contributed by atoms with Crippen LogP contribution in [0.15, 0.2) is 23.8 Å². The van der Waals surface area contributed by atoms with Crippen LogP contribution in [0.3, 0.4) is 0 Å². The van der Waals surface area contributed by atoms with Crippen LogP contribution in [0.2, 0.25) is 0 Å². The molecular formula is C19H27NO3. The molecule has 1 heterocycles. The molecule has 0 aliphatic carbocycles. The van der Waals surface area contributed by atoms with Crippen LogP contribution < -0.4 is 14.8 Å². The first-order chi connectivity index (χ1) is 11.2. The number of hydrogen-bond donors (Lipinski definition) is 1. The van der Waals surface area contributed by atoms with Gasteiger partial charge in [0.05, 0.1) is 6.61 Å². The third-order valence-corrected chi connectivity index (χ3v) is 3.76. The van der Waals surface area contributed by atoms with Gasteiger partial charge in [-0.3, -0.25) is 4.79 Å². The maximum atomic E-state index is 11.6. The third kappa shape index (κ3) is 5.62. The Morgan fingerprint density at radius 2 is 2.13 bits per heavy atom. The van der Waals surface area contributed by atoms with Crippen LogP contribution in [-0.4, -0.2) is 25.7 Å². The molecular weight excluding hydrogens is 290 g/mol. The first-order valence-corrected chi connectivity index (χ1v) is 8.58. The van der Waals surface area contributed by atoms with Crippen molar-refractivity contribution < 1.29 is 14.3 Å². The van der Waals surface area contributed by atoms with Crippen molar-refractivity contribution in [2.75, 3.05) is 19.8 Å². The van der Waals surface area contributed by atoms with Crippen LogP contribution >= 0.6 is 0 Å². The molecule has 1 N–H and O–H groups in total. The minimum absolute atomic E-state index is 0.0900. The second-order valence-corrected chi connectivity index (χ2v) is 5.87. The maximum absolute atomic E-state index is 11.6. The van der Waals surface area contributed by atoms with Gasteiger partial charge in [0.2, 0.25) is 5.91 Å². The van der Waals surface area contributed by atoms with E-state index < -0.39 is 0 Å². The number of carbonyl (C=O) groups is 1. The van der Waals surface area contributed by atoms with Crippen LogP contribution in [0.1, 0.15) is 51.5 Å². The van der Waals surface area contributed by atoms with Gasteiger partial charge in [-0.2, -0.15) is 0 Å². The number of unbranched alkanes of at least 4 members (excludes halogenated alkanes) is 2. The Morgan fingerprint density at radius 3 is 2.91 bits per heavy atom. The molecule has 0 radical (unpaired) electrons. The molecule has 1 aliphatic rings. The average Bonchev–Trinajstić information content (AvgIpc) is 2.57.